The van der Waals surface area contributed by atoms with E-state index >= 15 is 0 Å². The molecule has 0 aromatic rings. The van der Waals surface area contributed by atoms with Crippen LogP contribution in [0.25, 0.3) is 0 Å². The zero-order valence-corrected chi connectivity index (χ0v) is 36.5. The summed E-state index contributed by atoms with van der Waals surface area (Å²) in [5.74, 6) is -3.05. The first kappa shape index (κ1) is 50.5. The first-order valence-electron chi connectivity index (χ1n) is 24.3. The summed E-state index contributed by atoms with van der Waals surface area (Å²) >= 11 is 0. The van der Waals surface area contributed by atoms with Crippen LogP contribution < -0.4 is 10.6 Å². The summed E-state index contributed by atoms with van der Waals surface area (Å²) in [5, 5.41) is 5.36. The standard InChI is InChI=1S/C48H84F2N2O6/c49-41(31-23-19-15-11-7-3-1-5-9-13-17-21-27-37-55-45-33-25-29-39-57-45)47(53)51-43-35-36-44(43)52-48(54)42(50)32-24-20-16-12-8-4-2-6-10-14-18-22-28-38-56-46-34-26-30-40-58-46/h31-32,43-46H,1-30,33-40H2,(H,51,53)(H,52,54)/b41-31-,42-32-/t43-,44-,45?,46?/m1/s1. The summed E-state index contributed by atoms with van der Waals surface area (Å²) in [7, 11) is 0. The van der Waals surface area contributed by atoms with Crippen molar-refractivity contribution in [2.24, 2.45) is 0 Å². The molecule has 2 heterocycles. The maximum atomic E-state index is 14.5. The molecule has 2 N–H and O–H groups in total. The molecule has 0 spiro atoms. The molecule has 3 fully saturated rings. The van der Waals surface area contributed by atoms with Crippen molar-refractivity contribution in [2.75, 3.05) is 26.4 Å². The summed E-state index contributed by atoms with van der Waals surface area (Å²) in [4.78, 5) is 24.8. The molecule has 0 bridgehead atoms. The van der Waals surface area contributed by atoms with Gasteiger partial charge in [0.25, 0.3) is 11.8 Å². The Hall–Kier alpha value is -1.88. The lowest BCUT2D eigenvalue weighted by Crippen LogP contribution is -2.58. The van der Waals surface area contributed by atoms with Crippen molar-refractivity contribution in [1.29, 1.82) is 0 Å². The van der Waals surface area contributed by atoms with Crippen LogP contribution in [0.15, 0.2) is 23.8 Å². The molecule has 4 atom stereocenters. The molecule has 3 rings (SSSR count). The van der Waals surface area contributed by atoms with Gasteiger partial charge >= 0.3 is 0 Å². The zero-order chi connectivity index (χ0) is 41.1. The molecular formula is C48H84F2N2O6. The first-order chi connectivity index (χ1) is 28.5. The molecule has 1 saturated carbocycles. The molecule has 1 aliphatic carbocycles. The van der Waals surface area contributed by atoms with Crippen LogP contribution in [0.4, 0.5) is 8.78 Å². The van der Waals surface area contributed by atoms with Crippen LogP contribution in [0, 0.1) is 0 Å². The normalized spacial score (nSPS) is 21.5. The molecule has 0 radical (unpaired) electrons. The number of carbonyl (C=O) groups is 2. The average molecular weight is 823 g/mol. The van der Waals surface area contributed by atoms with Gasteiger partial charge in [0, 0.05) is 38.5 Å². The van der Waals surface area contributed by atoms with Gasteiger partial charge in [0.1, 0.15) is 0 Å². The Bertz CT molecular complexity index is 1010. The second-order valence-corrected chi connectivity index (χ2v) is 17.2. The van der Waals surface area contributed by atoms with Crippen molar-refractivity contribution in [3.63, 3.8) is 0 Å². The van der Waals surface area contributed by atoms with E-state index in [0.29, 0.717) is 25.7 Å². The number of carbonyl (C=O) groups excluding carboxylic acids is 2. The Morgan fingerprint density at radius 2 is 0.759 bits per heavy atom. The van der Waals surface area contributed by atoms with E-state index in [2.05, 4.69) is 10.6 Å². The highest BCUT2D eigenvalue weighted by molar-refractivity contribution is 5.92. The number of nitrogens with one attached hydrogen (secondary N) is 2. The summed E-state index contributed by atoms with van der Waals surface area (Å²) in [6.07, 6.45) is 40.6. The fourth-order valence-electron chi connectivity index (χ4n) is 8.11. The number of halogens is 2. The molecule has 0 aromatic heterocycles. The third-order valence-corrected chi connectivity index (χ3v) is 12.1. The smallest absolute Gasteiger partial charge is 0.279 e. The molecule has 8 nitrogen and oxygen atoms in total. The van der Waals surface area contributed by atoms with Crippen LogP contribution in [0.1, 0.15) is 218 Å². The molecule has 58 heavy (non-hydrogen) atoms. The topological polar surface area (TPSA) is 95.1 Å². The molecular weight excluding hydrogens is 739 g/mol. The van der Waals surface area contributed by atoms with Crippen LogP contribution in [0.3, 0.4) is 0 Å². The molecule has 0 aromatic carbocycles. The predicted octanol–water partition coefficient (Wildman–Crippen LogP) is 12.7. The van der Waals surface area contributed by atoms with E-state index in [0.717, 1.165) is 103 Å². The zero-order valence-electron chi connectivity index (χ0n) is 36.5. The maximum absolute atomic E-state index is 14.5. The second kappa shape index (κ2) is 34.8. The van der Waals surface area contributed by atoms with E-state index in [1.165, 1.54) is 128 Å². The lowest BCUT2D eigenvalue weighted by Gasteiger charge is -2.37. The predicted molar refractivity (Wildman–Crippen MR) is 231 cm³/mol. The summed E-state index contributed by atoms with van der Waals surface area (Å²) in [5.41, 5.74) is 0. The van der Waals surface area contributed by atoms with Crippen molar-refractivity contribution >= 4 is 11.8 Å². The summed E-state index contributed by atoms with van der Waals surface area (Å²) in [6, 6.07) is -0.757. The van der Waals surface area contributed by atoms with Crippen molar-refractivity contribution < 1.29 is 37.3 Å². The van der Waals surface area contributed by atoms with Gasteiger partial charge in [-0.05, 0) is 102 Å². The number of hydrogen-bond acceptors (Lipinski definition) is 6. The molecule has 3 aliphatic rings. The van der Waals surface area contributed by atoms with Crippen molar-refractivity contribution in [2.45, 2.75) is 243 Å². The average Bonchev–Trinajstić information content (AvgIpc) is 3.24. The molecule has 2 unspecified atom stereocenters. The van der Waals surface area contributed by atoms with Crippen molar-refractivity contribution in [3.8, 4) is 0 Å². The van der Waals surface area contributed by atoms with E-state index in [4.69, 9.17) is 18.9 Å². The highest BCUT2D eigenvalue weighted by Crippen LogP contribution is 2.22. The molecule has 336 valence electrons. The number of unbranched alkanes of at least 4 members (excludes halogenated alkanes) is 24. The van der Waals surface area contributed by atoms with E-state index < -0.39 is 23.5 Å². The SMILES string of the molecule is O=C(N[C@@H]1CC[C@H]1NC(=O)/C(F)=C/CCCCCCCCCCCCCCOC1CCCCO1)/C(F)=C/CCCCCCCCCCCCCCOC1CCCCO1. The van der Waals surface area contributed by atoms with Gasteiger partial charge in [0.15, 0.2) is 24.2 Å². The number of hydrogen-bond donors (Lipinski definition) is 2. The molecule has 2 amide bonds. The highest BCUT2D eigenvalue weighted by Gasteiger charge is 2.34. The monoisotopic (exact) mass is 823 g/mol. The number of amides is 2. The number of allylic oxidation sites excluding steroid dienone is 2. The number of ether oxygens (including phenoxy) is 4. The third kappa shape index (κ3) is 25.7. The number of rotatable bonds is 36. The Kier molecular flexibility index (Phi) is 30.3. The Morgan fingerprint density at radius 1 is 0.448 bits per heavy atom. The Balaban J connectivity index is 1.05. The molecule has 2 saturated heterocycles. The highest BCUT2D eigenvalue weighted by atomic mass is 19.1. The quantitative estimate of drug-likeness (QED) is 0.0483. The Morgan fingerprint density at radius 3 is 1.05 bits per heavy atom. The third-order valence-electron chi connectivity index (χ3n) is 12.1. The van der Waals surface area contributed by atoms with Crippen LogP contribution >= 0.6 is 0 Å². The van der Waals surface area contributed by atoms with Crippen molar-refractivity contribution in [1.82, 2.24) is 10.6 Å². The molecule has 2 aliphatic heterocycles. The largest absolute Gasteiger partial charge is 0.353 e. The van der Waals surface area contributed by atoms with E-state index in [-0.39, 0.29) is 24.7 Å². The first-order valence-corrected chi connectivity index (χ1v) is 24.3. The van der Waals surface area contributed by atoms with Gasteiger partial charge < -0.3 is 29.6 Å². The van der Waals surface area contributed by atoms with Gasteiger partial charge in [-0.2, -0.15) is 0 Å². The second-order valence-electron chi connectivity index (χ2n) is 17.2. The lowest BCUT2D eigenvalue weighted by atomic mass is 9.86. The van der Waals surface area contributed by atoms with E-state index in [1.54, 1.807) is 0 Å². The minimum Gasteiger partial charge on any atom is -0.353 e. The summed E-state index contributed by atoms with van der Waals surface area (Å²) in [6.45, 7) is 3.33. The van der Waals surface area contributed by atoms with Gasteiger partial charge in [-0.15, -0.1) is 0 Å². The minimum atomic E-state index is -0.776. The Labute approximate surface area is 352 Å². The van der Waals surface area contributed by atoms with Crippen molar-refractivity contribution in [3.05, 3.63) is 23.8 Å². The van der Waals surface area contributed by atoms with Gasteiger partial charge in [-0.1, -0.05) is 128 Å². The minimum absolute atomic E-state index is 0.0365. The van der Waals surface area contributed by atoms with Gasteiger partial charge in [0.2, 0.25) is 0 Å². The van der Waals surface area contributed by atoms with Gasteiger partial charge in [-0.25, -0.2) is 8.78 Å². The van der Waals surface area contributed by atoms with Gasteiger partial charge in [0.05, 0.1) is 0 Å². The fourth-order valence-corrected chi connectivity index (χ4v) is 8.11. The van der Waals surface area contributed by atoms with Crippen LogP contribution in [-0.2, 0) is 28.5 Å². The van der Waals surface area contributed by atoms with Gasteiger partial charge in [-0.3, -0.25) is 9.59 Å². The fraction of sp³-hybridized carbons (Fsp3) is 0.875. The molecule has 10 heteroatoms. The van der Waals surface area contributed by atoms with Crippen LogP contribution in [-0.4, -0.2) is 62.9 Å². The maximum Gasteiger partial charge on any atom is 0.279 e. The summed E-state index contributed by atoms with van der Waals surface area (Å²) < 4.78 is 51.8. The van der Waals surface area contributed by atoms with E-state index in [1.807, 2.05) is 0 Å². The van der Waals surface area contributed by atoms with Crippen LogP contribution in [0.2, 0.25) is 0 Å². The van der Waals surface area contributed by atoms with Crippen LogP contribution in [0.5, 0.6) is 0 Å². The lowest BCUT2D eigenvalue weighted by molar-refractivity contribution is -0.163. The van der Waals surface area contributed by atoms with E-state index in [9.17, 15) is 18.4 Å².